The number of aliphatic hydroxyl groups is 1. The summed E-state index contributed by atoms with van der Waals surface area (Å²) in [6.07, 6.45) is -3.12. The Labute approximate surface area is 263 Å². The number of rotatable bonds is 14. The summed E-state index contributed by atoms with van der Waals surface area (Å²) in [6, 6.07) is 24.1. The number of hydrogen-bond acceptors (Lipinski definition) is 7. The fourth-order valence-electron chi connectivity index (χ4n) is 4.59. The first-order valence-corrected chi connectivity index (χ1v) is 14.7. The van der Waals surface area contributed by atoms with Gasteiger partial charge in [-0.1, -0.05) is 91.0 Å². The topological polar surface area (TPSA) is 169 Å². The number of nitrogens with two attached hydrogens (primary N) is 1. The lowest BCUT2D eigenvalue weighted by Crippen LogP contribution is -2.59. The van der Waals surface area contributed by atoms with Crippen molar-refractivity contribution in [2.75, 3.05) is 0 Å². The number of primary amides is 1. The van der Waals surface area contributed by atoms with Gasteiger partial charge in [0.25, 0.3) is 0 Å². The summed E-state index contributed by atoms with van der Waals surface area (Å²) in [4.78, 5) is 50.9. The number of amides is 4. The molecule has 0 heterocycles. The molecule has 0 aliphatic rings. The second-order valence-corrected chi connectivity index (χ2v) is 11.7. The summed E-state index contributed by atoms with van der Waals surface area (Å²) in [7, 11) is 0. The largest absolute Gasteiger partial charge is 0.445 e. The number of aliphatic hydroxyl groups excluding tert-OH is 1. The highest BCUT2D eigenvalue weighted by Crippen LogP contribution is 2.16. The van der Waals surface area contributed by atoms with Gasteiger partial charge in [0.15, 0.2) is 0 Å². The molecule has 0 radical (unpaired) electrons. The molecule has 3 aromatic rings. The van der Waals surface area contributed by atoms with E-state index in [1.54, 1.807) is 45.0 Å². The second kappa shape index (κ2) is 16.8. The summed E-state index contributed by atoms with van der Waals surface area (Å²) >= 11 is 0. The molecule has 6 N–H and O–H groups in total. The van der Waals surface area contributed by atoms with Crippen molar-refractivity contribution in [2.45, 2.75) is 76.5 Å². The Morgan fingerprint density at radius 1 is 0.711 bits per heavy atom. The highest BCUT2D eigenvalue weighted by atomic mass is 16.6. The molecule has 3 rings (SSSR count). The molecule has 4 amide bonds. The van der Waals surface area contributed by atoms with Crippen LogP contribution >= 0.6 is 0 Å². The molecule has 0 bridgehead atoms. The molecule has 11 nitrogen and oxygen atoms in total. The average molecular weight is 619 g/mol. The number of ether oxygens (including phenoxy) is 2. The van der Waals surface area contributed by atoms with Gasteiger partial charge in [-0.05, 0) is 50.3 Å². The standard InChI is InChI=1S/C34H42N4O7/c1-34(2,3)45-33(43)37-27(20-24-15-9-5-10-16-24)30(40)26(19-23-13-7-4-8-14-23)36-31(41)28(21-29(35)39)38-32(42)44-22-25-17-11-6-12-18-25/h4-18,26-28,30,40H,19-22H2,1-3H3,(H2,35,39)(H,36,41)(H,37,43)(H,38,42)/t26?,27?,28-,30?/m0/s1. The maximum atomic E-state index is 13.6. The molecule has 3 unspecified atom stereocenters. The van der Waals surface area contributed by atoms with Crippen molar-refractivity contribution in [1.29, 1.82) is 0 Å². The molecule has 0 aromatic heterocycles. The number of alkyl carbamates (subject to hydrolysis) is 2. The van der Waals surface area contributed by atoms with Gasteiger partial charge in [0.05, 0.1) is 24.6 Å². The minimum Gasteiger partial charge on any atom is -0.445 e. The van der Waals surface area contributed by atoms with Gasteiger partial charge in [0.2, 0.25) is 11.8 Å². The summed E-state index contributed by atoms with van der Waals surface area (Å²) in [5.41, 5.74) is 6.97. The fourth-order valence-corrected chi connectivity index (χ4v) is 4.59. The van der Waals surface area contributed by atoms with Crippen LogP contribution in [0.15, 0.2) is 91.0 Å². The Morgan fingerprint density at radius 3 is 1.64 bits per heavy atom. The molecule has 45 heavy (non-hydrogen) atoms. The maximum absolute atomic E-state index is 13.6. The lowest BCUT2D eigenvalue weighted by molar-refractivity contribution is -0.128. The Morgan fingerprint density at radius 2 is 1.18 bits per heavy atom. The zero-order valence-corrected chi connectivity index (χ0v) is 25.8. The summed E-state index contributed by atoms with van der Waals surface area (Å²) < 4.78 is 10.7. The normalized spacial score (nSPS) is 13.8. The van der Waals surface area contributed by atoms with Gasteiger partial charge >= 0.3 is 12.2 Å². The minimum atomic E-state index is -1.39. The molecule has 240 valence electrons. The number of hydrogen-bond donors (Lipinski definition) is 5. The SMILES string of the molecule is CC(C)(C)OC(=O)NC(Cc1ccccc1)C(O)C(Cc1ccccc1)NC(=O)[C@H](CC(N)=O)NC(=O)OCc1ccccc1. The van der Waals surface area contributed by atoms with Crippen LogP contribution in [-0.2, 0) is 38.5 Å². The van der Waals surface area contributed by atoms with Gasteiger partial charge in [-0.25, -0.2) is 9.59 Å². The van der Waals surface area contributed by atoms with Crippen molar-refractivity contribution in [3.8, 4) is 0 Å². The van der Waals surface area contributed by atoms with Gasteiger partial charge < -0.3 is 36.3 Å². The molecule has 4 atom stereocenters. The first-order chi connectivity index (χ1) is 21.4. The van der Waals surface area contributed by atoms with Crippen LogP contribution in [0.2, 0.25) is 0 Å². The van der Waals surface area contributed by atoms with Crippen LogP contribution in [-0.4, -0.2) is 58.9 Å². The Balaban J connectivity index is 1.84. The number of carbonyl (C=O) groups is 4. The molecule has 3 aromatic carbocycles. The molecule has 0 saturated heterocycles. The van der Waals surface area contributed by atoms with Crippen molar-refractivity contribution in [3.05, 3.63) is 108 Å². The Hall–Kier alpha value is -4.90. The van der Waals surface area contributed by atoms with E-state index in [1.165, 1.54) is 0 Å². The molecule has 11 heteroatoms. The lowest BCUT2D eigenvalue weighted by atomic mass is 9.92. The van der Waals surface area contributed by atoms with Gasteiger partial charge in [-0.2, -0.15) is 0 Å². The van der Waals surface area contributed by atoms with Crippen molar-refractivity contribution < 1.29 is 33.8 Å². The molecule has 0 fully saturated rings. The van der Waals surface area contributed by atoms with E-state index in [0.29, 0.717) is 0 Å². The van der Waals surface area contributed by atoms with Crippen LogP contribution in [0.25, 0.3) is 0 Å². The Bertz CT molecular complexity index is 1380. The Kier molecular flexibility index (Phi) is 12.9. The third-order valence-corrected chi connectivity index (χ3v) is 6.68. The highest BCUT2D eigenvalue weighted by Gasteiger charge is 2.34. The first kappa shape index (κ1) is 34.6. The minimum absolute atomic E-state index is 0.0512. The maximum Gasteiger partial charge on any atom is 0.408 e. The van der Waals surface area contributed by atoms with Gasteiger partial charge in [0, 0.05) is 0 Å². The predicted octanol–water partition coefficient (Wildman–Crippen LogP) is 3.38. The van der Waals surface area contributed by atoms with Crippen molar-refractivity contribution in [3.63, 3.8) is 0 Å². The van der Waals surface area contributed by atoms with E-state index >= 15 is 0 Å². The van der Waals surface area contributed by atoms with Crippen LogP contribution in [0.4, 0.5) is 9.59 Å². The van der Waals surface area contributed by atoms with E-state index in [9.17, 15) is 24.3 Å². The van der Waals surface area contributed by atoms with E-state index in [1.807, 2.05) is 66.7 Å². The summed E-state index contributed by atoms with van der Waals surface area (Å²) in [5.74, 6) is -1.59. The quantitative estimate of drug-likeness (QED) is 0.184. The van der Waals surface area contributed by atoms with E-state index in [4.69, 9.17) is 15.2 Å². The molecule has 0 aliphatic heterocycles. The van der Waals surface area contributed by atoms with Gasteiger partial charge in [0.1, 0.15) is 18.2 Å². The molecule has 0 aliphatic carbocycles. The van der Waals surface area contributed by atoms with Gasteiger partial charge in [-0.15, -0.1) is 0 Å². The zero-order chi connectivity index (χ0) is 32.8. The molecule has 0 spiro atoms. The van der Waals surface area contributed by atoms with Crippen LogP contribution in [0.1, 0.15) is 43.9 Å². The van der Waals surface area contributed by atoms with Crippen molar-refractivity contribution in [2.24, 2.45) is 5.73 Å². The molecule has 0 saturated carbocycles. The molecular weight excluding hydrogens is 576 g/mol. The van der Waals surface area contributed by atoms with Crippen molar-refractivity contribution >= 4 is 24.0 Å². The third kappa shape index (κ3) is 12.7. The smallest absolute Gasteiger partial charge is 0.408 e. The predicted molar refractivity (Wildman–Crippen MR) is 169 cm³/mol. The van der Waals surface area contributed by atoms with Crippen LogP contribution in [0.5, 0.6) is 0 Å². The summed E-state index contributed by atoms with van der Waals surface area (Å²) in [5, 5.41) is 19.7. The highest BCUT2D eigenvalue weighted by molar-refractivity contribution is 5.90. The lowest BCUT2D eigenvalue weighted by Gasteiger charge is -2.33. The first-order valence-electron chi connectivity index (χ1n) is 14.7. The van der Waals surface area contributed by atoms with E-state index < -0.39 is 60.3 Å². The zero-order valence-electron chi connectivity index (χ0n) is 25.8. The number of nitrogens with one attached hydrogen (secondary N) is 3. The van der Waals surface area contributed by atoms with E-state index in [2.05, 4.69) is 16.0 Å². The second-order valence-electron chi connectivity index (χ2n) is 11.7. The van der Waals surface area contributed by atoms with Gasteiger partial charge in [-0.3, -0.25) is 9.59 Å². The summed E-state index contributed by atoms with van der Waals surface area (Å²) in [6.45, 7) is 5.13. The number of carbonyl (C=O) groups excluding carboxylic acids is 4. The number of benzene rings is 3. The third-order valence-electron chi connectivity index (χ3n) is 6.68. The monoisotopic (exact) mass is 618 g/mol. The molecular formula is C34H42N4O7. The van der Waals surface area contributed by atoms with Crippen molar-refractivity contribution in [1.82, 2.24) is 16.0 Å². The fraction of sp³-hybridized carbons (Fsp3) is 0.353. The van der Waals surface area contributed by atoms with E-state index in [0.717, 1.165) is 16.7 Å². The van der Waals surface area contributed by atoms with Crippen LogP contribution in [0, 0.1) is 0 Å². The van der Waals surface area contributed by atoms with E-state index in [-0.39, 0.29) is 19.4 Å². The average Bonchev–Trinajstić information content (AvgIpc) is 2.99. The van der Waals surface area contributed by atoms with Crippen LogP contribution in [0.3, 0.4) is 0 Å². The van der Waals surface area contributed by atoms with Crippen LogP contribution < -0.4 is 21.7 Å².